The van der Waals surface area contributed by atoms with Crippen molar-refractivity contribution in [1.29, 1.82) is 0 Å². The van der Waals surface area contributed by atoms with Gasteiger partial charge in [0.05, 0.1) is 17.4 Å². The van der Waals surface area contributed by atoms with Crippen LogP contribution in [0.25, 0.3) is 0 Å². The third-order valence-corrected chi connectivity index (χ3v) is 5.70. The lowest BCUT2D eigenvalue weighted by Gasteiger charge is -2.17. The number of carbonyl (C=O) groups is 3. The average Bonchev–Trinajstić information content (AvgIpc) is 2.73. The molecule has 2 aromatic rings. The summed E-state index contributed by atoms with van der Waals surface area (Å²) in [4.78, 5) is 37.7. The molecule has 0 bridgehead atoms. The van der Waals surface area contributed by atoms with Crippen LogP contribution < -0.4 is 10.6 Å². The van der Waals surface area contributed by atoms with Crippen molar-refractivity contribution in [2.45, 2.75) is 64.0 Å². The molecule has 33 heavy (non-hydrogen) atoms. The zero-order valence-electron chi connectivity index (χ0n) is 20.1. The van der Waals surface area contributed by atoms with Crippen LogP contribution in [0.4, 0.5) is 11.4 Å². The molecule has 2 N–H and O–H groups in total. The molecule has 6 nitrogen and oxygen atoms in total. The van der Waals surface area contributed by atoms with Crippen LogP contribution in [0, 0.1) is 5.41 Å². The van der Waals surface area contributed by atoms with Crippen LogP contribution >= 0.6 is 11.8 Å². The van der Waals surface area contributed by atoms with Crippen LogP contribution in [0.2, 0.25) is 0 Å². The fraction of sp³-hybridized carbons (Fsp3) is 0.423. The van der Waals surface area contributed by atoms with E-state index >= 15 is 0 Å². The number of amides is 2. The molecule has 0 radical (unpaired) electrons. The van der Waals surface area contributed by atoms with E-state index in [2.05, 4.69) is 10.6 Å². The number of carbonyl (C=O) groups excluding carboxylic acids is 3. The summed E-state index contributed by atoms with van der Waals surface area (Å²) in [5.41, 5.74) is 1.69. The molecular formula is C26H34N2O4S. The number of thioether (sulfide) groups is 1. The second-order valence-electron chi connectivity index (χ2n) is 9.13. The second-order valence-corrected chi connectivity index (χ2v) is 10.5. The van der Waals surface area contributed by atoms with E-state index in [9.17, 15) is 14.4 Å². The van der Waals surface area contributed by atoms with Crippen molar-refractivity contribution in [3.8, 4) is 0 Å². The Morgan fingerprint density at radius 1 is 1.00 bits per heavy atom. The number of esters is 1. The van der Waals surface area contributed by atoms with Gasteiger partial charge in [-0.25, -0.2) is 4.79 Å². The predicted molar refractivity (Wildman–Crippen MR) is 135 cm³/mol. The van der Waals surface area contributed by atoms with E-state index in [1.165, 1.54) is 11.8 Å². The summed E-state index contributed by atoms with van der Waals surface area (Å²) in [6, 6.07) is 14.1. The number of hydrogen-bond donors (Lipinski definition) is 2. The summed E-state index contributed by atoms with van der Waals surface area (Å²) in [6.07, 6.45) is 2.23. The van der Waals surface area contributed by atoms with Crippen LogP contribution in [0.1, 0.15) is 64.2 Å². The van der Waals surface area contributed by atoms with E-state index in [-0.39, 0.29) is 28.4 Å². The molecule has 7 heteroatoms. The van der Waals surface area contributed by atoms with Crippen molar-refractivity contribution in [2.24, 2.45) is 5.41 Å². The van der Waals surface area contributed by atoms with E-state index in [0.29, 0.717) is 30.0 Å². The van der Waals surface area contributed by atoms with Crippen molar-refractivity contribution < 1.29 is 19.1 Å². The van der Waals surface area contributed by atoms with Gasteiger partial charge in [-0.2, -0.15) is 0 Å². The maximum absolute atomic E-state index is 12.6. The molecule has 0 saturated carbocycles. The minimum Gasteiger partial charge on any atom is -0.462 e. The lowest BCUT2D eigenvalue weighted by molar-refractivity contribution is -0.118. The Balaban J connectivity index is 1.90. The number of hydrogen-bond acceptors (Lipinski definition) is 5. The topological polar surface area (TPSA) is 84.5 Å². The highest BCUT2D eigenvalue weighted by molar-refractivity contribution is 8.00. The Morgan fingerprint density at radius 2 is 1.70 bits per heavy atom. The van der Waals surface area contributed by atoms with Crippen LogP contribution in [-0.2, 0) is 14.3 Å². The molecule has 0 aliphatic carbocycles. The number of anilines is 2. The monoisotopic (exact) mass is 470 g/mol. The summed E-state index contributed by atoms with van der Waals surface area (Å²) in [5, 5.41) is 5.44. The molecule has 0 saturated heterocycles. The van der Waals surface area contributed by atoms with Crippen LogP contribution in [-0.4, -0.2) is 29.6 Å². The molecule has 1 atom stereocenters. The first-order chi connectivity index (χ1) is 15.6. The Kier molecular flexibility index (Phi) is 9.97. The van der Waals surface area contributed by atoms with Gasteiger partial charge in [-0.3, -0.25) is 9.59 Å². The van der Waals surface area contributed by atoms with Crippen molar-refractivity contribution in [1.82, 2.24) is 0 Å². The van der Waals surface area contributed by atoms with Crippen molar-refractivity contribution in [2.75, 3.05) is 17.2 Å². The lowest BCUT2D eigenvalue weighted by Crippen LogP contribution is -2.22. The molecule has 1 unspecified atom stereocenters. The highest BCUT2D eigenvalue weighted by Gasteiger charge is 2.18. The summed E-state index contributed by atoms with van der Waals surface area (Å²) in [7, 11) is 0. The van der Waals surface area contributed by atoms with E-state index in [4.69, 9.17) is 4.74 Å². The molecular weight excluding hydrogens is 436 g/mol. The molecule has 2 amide bonds. The molecule has 0 heterocycles. The Hall–Kier alpha value is -2.80. The third kappa shape index (κ3) is 9.70. The van der Waals surface area contributed by atoms with Crippen molar-refractivity contribution in [3.63, 3.8) is 0 Å². The fourth-order valence-electron chi connectivity index (χ4n) is 2.92. The van der Waals surface area contributed by atoms with E-state index in [1.54, 1.807) is 24.3 Å². The quantitative estimate of drug-likeness (QED) is 0.248. The van der Waals surface area contributed by atoms with Gasteiger partial charge < -0.3 is 15.4 Å². The molecule has 2 aromatic carbocycles. The van der Waals surface area contributed by atoms with Gasteiger partial charge in [0.1, 0.15) is 0 Å². The lowest BCUT2D eigenvalue weighted by atomic mass is 9.92. The first kappa shape index (κ1) is 26.5. The number of ether oxygens (including phenoxy) is 1. The summed E-state index contributed by atoms with van der Waals surface area (Å²) in [5.74, 6) is -0.548. The normalized spacial score (nSPS) is 12.0. The van der Waals surface area contributed by atoms with E-state index in [1.807, 2.05) is 58.9 Å². The number of nitrogens with one attached hydrogen (secondary N) is 2. The van der Waals surface area contributed by atoms with Gasteiger partial charge in [-0.15, -0.1) is 11.8 Å². The predicted octanol–water partition coefficient (Wildman–Crippen LogP) is 6.14. The highest BCUT2D eigenvalue weighted by Crippen LogP contribution is 2.27. The molecule has 2 rings (SSSR count). The summed E-state index contributed by atoms with van der Waals surface area (Å²) in [6.45, 7) is 10.3. The van der Waals surface area contributed by atoms with Gasteiger partial charge in [0.2, 0.25) is 11.8 Å². The summed E-state index contributed by atoms with van der Waals surface area (Å²) < 4.78 is 5.20. The molecule has 0 spiro atoms. The van der Waals surface area contributed by atoms with Crippen molar-refractivity contribution >= 4 is 40.9 Å². The summed E-state index contributed by atoms with van der Waals surface area (Å²) >= 11 is 1.41. The Labute approximate surface area is 200 Å². The highest BCUT2D eigenvalue weighted by atomic mass is 32.2. The maximum Gasteiger partial charge on any atom is 0.338 e. The first-order valence-corrected chi connectivity index (χ1v) is 12.1. The molecule has 178 valence electrons. The van der Waals surface area contributed by atoms with Gasteiger partial charge >= 0.3 is 5.97 Å². The van der Waals surface area contributed by atoms with E-state index < -0.39 is 0 Å². The third-order valence-electron chi connectivity index (χ3n) is 4.61. The number of rotatable bonds is 10. The average molecular weight is 471 g/mol. The standard InChI is InChI=1S/C26H34N2O4S/c1-6-7-15-32-25(31)19-11-13-20(14-12-19)28-24(30)18(2)33-22-10-8-9-21(16-22)27-23(29)17-26(3,4)5/h8-14,16,18H,6-7,15,17H2,1-5H3,(H,27,29)(H,28,30). The molecule has 0 aromatic heterocycles. The van der Waals surface area contributed by atoms with Gasteiger partial charge in [-0.05, 0) is 61.2 Å². The van der Waals surface area contributed by atoms with Gasteiger partial charge in [0.15, 0.2) is 0 Å². The van der Waals surface area contributed by atoms with Gasteiger partial charge in [0, 0.05) is 22.7 Å². The minimum absolute atomic E-state index is 0.0341. The first-order valence-electron chi connectivity index (χ1n) is 11.2. The molecule has 0 fully saturated rings. The molecule has 0 aliphatic heterocycles. The number of benzene rings is 2. The van der Waals surface area contributed by atoms with Crippen LogP contribution in [0.15, 0.2) is 53.4 Å². The number of unbranched alkanes of at least 4 members (excludes halogenated alkanes) is 1. The maximum atomic E-state index is 12.6. The van der Waals surface area contributed by atoms with E-state index in [0.717, 1.165) is 17.7 Å². The fourth-order valence-corrected chi connectivity index (χ4v) is 3.84. The SMILES string of the molecule is CCCCOC(=O)c1ccc(NC(=O)C(C)Sc2cccc(NC(=O)CC(C)(C)C)c2)cc1. The molecule has 0 aliphatic rings. The van der Waals surface area contributed by atoms with Crippen LogP contribution in [0.3, 0.4) is 0 Å². The van der Waals surface area contributed by atoms with Gasteiger partial charge in [0.25, 0.3) is 0 Å². The Bertz CT molecular complexity index is 952. The largest absolute Gasteiger partial charge is 0.462 e. The van der Waals surface area contributed by atoms with Crippen molar-refractivity contribution in [3.05, 3.63) is 54.1 Å². The zero-order valence-corrected chi connectivity index (χ0v) is 20.9. The van der Waals surface area contributed by atoms with Crippen LogP contribution in [0.5, 0.6) is 0 Å². The Morgan fingerprint density at radius 3 is 2.33 bits per heavy atom. The smallest absolute Gasteiger partial charge is 0.338 e. The zero-order chi connectivity index (χ0) is 24.4. The van der Waals surface area contributed by atoms with Gasteiger partial charge in [-0.1, -0.05) is 40.2 Å². The minimum atomic E-state index is -0.361. The second kappa shape index (κ2) is 12.4.